The van der Waals surface area contributed by atoms with Gasteiger partial charge in [0.2, 0.25) is 11.8 Å². The summed E-state index contributed by atoms with van der Waals surface area (Å²) < 4.78 is 65.7. The first-order valence-electron chi connectivity index (χ1n) is 21.1. The van der Waals surface area contributed by atoms with Crippen molar-refractivity contribution in [3.63, 3.8) is 0 Å². The lowest BCUT2D eigenvalue weighted by molar-refractivity contribution is -0.140. The third kappa shape index (κ3) is 31.9. The van der Waals surface area contributed by atoms with E-state index in [9.17, 15) is 19.2 Å². The molecule has 0 bridgehead atoms. The monoisotopic (exact) mass is 838 g/mol. The Kier molecular flexibility index (Phi) is 36.5. The van der Waals surface area contributed by atoms with Crippen molar-refractivity contribution in [1.82, 2.24) is 4.90 Å². The van der Waals surface area contributed by atoms with Gasteiger partial charge in [-0.25, -0.2) is 0 Å². The second-order valence-corrected chi connectivity index (χ2v) is 14.0. The topological polar surface area (TPSA) is 182 Å². The van der Waals surface area contributed by atoms with Crippen LogP contribution in [0.4, 0.5) is 0 Å². The fraction of sp³-hybridized carbons (Fsp3) is 0.902. The smallest absolute Gasteiger partial charge is 0.233 e. The lowest BCUT2D eigenvalue weighted by atomic mass is 9.94. The largest absolute Gasteiger partial charge is 0.379 e. The number of amides is 2. The zero-order valence-corrected chi connectivity index (χ0v) is 35.9. The summed E-state index contributed by atoms with van der Waals surface area (Å²) in [5, 5.41) is 0. The Morgan fingerprint density at radius 2 is 0.776 bits per heavy atom. The highest BCUT2D eigenvalue weighted by molar-refractivity contribution is 6.03. The van der Waals surface area contributed by atoms with Crippen LogP contribution in [0.5, 0.6) is 0 Å². The number of Topliss-reactive ketones (excluding diaryl/α,β-unsaturated/α-hetero) is 2. The Morgan fingerprint density at radius 1 is 0.466 bits per heavy atom. The molecule has 17 nitrogen and oxygen atoms in total. The summed E-state index contributed by atoms with van der Waals surface area (Å²) in [6.07, 6.45) is 1.83. The molecule has 0 aliphatic carbocycles. The van der Waals surface area contributed by atoms with Crippen molar-refractivity contribution in [3.05, 3.63) is 0 Å². The molecule has 1 saturated heterocycles. The molecule has 0 radical (unpaired) electrons. The summed E-state index contributed by atoms with van der Waals surface area (Å²) >= 11 is 0. The van der Waals surface area contributed by atoms with Gasteiger partial charge in [-0.3, -0.25) is 24.1 Å². The molecular formula is C41H75NO16. The van der Waals surface area contributed by atoms with Crippen LogP contribution >= 0.6 is 0 Å². The number of imide groups is 1. The highest BCUT2D eigenvalue weighted by Gasteiger charge is 2.39. The van der Waals surface area contributed by atoms with Gasteiger partial charge >= 0.3 is 0 Å². The first-order chi connectivity index (χ1) is 28.2. The van der Waals surface area contributed by atoms with E-state index in [2.05, 4.69) is 0 Å². The van der Waals surface area contributed by atoms with E-state index in [-0.39, 0.29) is 60.5 Å². The number of nitrogens with zero attached hydrogens (tertiary/aromatic N) is 1. The van der Waals surface area contributed by atoms with Crippen molar-refractivity contribution in [2.45, 2.75) is 59.8 Å². The minimum absolute atomic E-state index is 0.0229. The standard InChI is InChI=1S/C41H75NO16/c1-35(2)38-34-40(45)42(41(38)46)9-7-37(43)6-5-10-47-12-14-49-16-18-51-20-22-53-24-26-55-28-30-57-32-33-58-31-29-56-27-25-54-23-21-52-19-17-50-15-13-48-11-8-39(44)36(3)4/h35-36,38H,5-34H2,1-4H3. The van der Waals surface area contributed by atoms with Crippen LogP contribution in [-0.2, 0) is 76.0 Å². The molecule has 0 spiro atoms. The molecule has 1 heterocycles. The lowest BCUT2D eigenvalue weighted by Crippen LogP contribution is -2.33. The van der Waals surface area contributed by atoms with Crippen LogP contribution in [0, 0.1) is 17.8 Å². The second kappa shape index (κ2) is 39.2. The molecule has 0 aromatic carbocycles. The number of carbonyl (C=O) groups excluding carboxylic acids is 4. The minimum atomic E-state index is -0.265. The summed E-state index contributed by atoms with van der Waals surface area (Å²) in [6.45, 7) is 19.1. The second-order valence-electron chi connectivity index (χ2n) is 14.0. The first kappa shape index (κ1) is 54.0. The fourth-order valence-corrected chi connectivity index (χ4v) is 5.18. The van der Waals surface area contributed by atoms with Gasteiger partial charge in [0.15, 0.2) is 0 Å². The average molecular weight is 838 g/mol. The third-order valence-electron chi connectivity index (χ3n) is 8.67. The van der Waals surface area contributed by atoms with Crippen LogP contribution < -0.4 is 0 Å². The van der Waals surface area contributed by atoms with Crippen molar-refractivity contribution in [2.24, 2.45) is 17.8 Å². The van der Waals surface area contributed by atoms with E-state index in [1.165, 1.54) is 4.90 Å². The molecule has 1 unspecified atom stereocenters. The van der Waals surface area contributed by atoms with Crippen LogP contribution in [0.15, 0.2) is 0 Å². The Balaban J connectivity index is 1.67. The van der Waals surface area contributed by atoms with Crippen LogP contribution in [0.3, 0.4) is 0 Å². The molecule has 1 atom stereocenters. The number of carbonyl (C=O) groups is 4. The molecule has 58 heavy (non-hydrogen) atoms. The molecule has 1 rings (SSSR count). The first-order valence-corrected chi connectivity index (χ1v) is 21.1. The van der Waals surface area contributed by atoms with Crippen molar-refractivity contribution >= 4 is 23.4 Å². The van der Waals surface area contributed by atoms with E-state index in [0.29, 0.717) is 178 Å². The Morgan fingerprint density at radius 3 is 1.07 bits per heavy atom. The van der Waals surface area contributed by atoms with E-state index >= 15 is 0 Å². The van der Waals surface area contributed by atoms with E-state index in [1.807, 2.05) is 27.7 Å². The van der Waals surface area contributed by atoms with Gasteiger partial charge in [0.25, 0.3) is 0 Å². The van der Waals surface area contributed by atoms with Crippen LogP contribution in [0.1, 0.15) is 59.8 Å². The maximum atomic E-state index is 12.3. The highest BCUT2D eigenvalue weighted by atomic mass is 16.6. The fourth-order valence-electron chi connectivity index (χ4n) is 5.18. The quantitative estimate of drug-likeness (QED) is 0.0644. The van der Waals surface area contributed by atoms with Crippen molar-refractivity contribution in [3.8, 4) is 0 Å². The number of likely N-dealkylation sites (tertiary alicyclic amines) is 1. The molecule has 1 aliphatic heterocycles. The van der Waals surface area contributed by atoms with Crippen molar-refractivity contribution in [2.75, 3.05) is 165 Å². The van der Waals surface area contributed by atoms with Gasteiger partial charge in [-0.15, -0.1) is 0 Å². The Bertz CT molecular complexity index is 1020. The Labute approximate surface area is 346 Å². The zero-order valence-electron chi connectivity index (χ0n) is 35.9. The van der Waals surface area contributed by atoms with Gasteiger partial charge < -0.3 is 56.8 Å². The molecule has 0 saturated carbocycles. The molecule has 340 valence electrons. The Hall–Kier alpha value is -2.00. The van der Waals surface area contributed by atoms with Gasteiger partial charge in [0.1, 0.15) is 11.6 Å². The van der Waals surface area contributed by atoms with Crippen LogP contribution in [0.2, 0.25) is 0 Å². The van der Waals surface area contributed by atoms with Gasteiger partial charge in [-0.1, -0.05) is 27.7 Å². The summed E-state index contributed by atoms with van der Waals surface area (Å²) in [5.41, 5.74) is 0. The highest BCUT2D eigenvalue weighted by Crippen LogP contribution is 2.26. The molecule has 0 N–H and O–H groups in total. The summed E-state index contributed by atoms with van der Waals surface area (Å²) in [4.78, 5) is 49.3. The SMILES string of the molecule is CC(C)C(=O)CCOCCOCCOCCOCCOCCOCCOCCOCCOCCOCCOCCOCCCC(=O)CCN1C(=O)CC(C(C)C)C1=O. The maximum Gasteiger partial charge on any atom is 0.233 e. The van der Waals surface area contributed by atoms with Gasteiger partial charge in [-0.05, 0) is 12.3 Å². The van der Waals surface area contributed by atoms with E-state index in [4.69, 9.17) is 56.8 Å². The zero-order chi connectivity index (χ0) is 42.3. The third-order valence-corrected chi connectivity index (χ3v) is 8.67. The normalized spacial score (nSPS) is 14.5. The molecule has 17 heteroatoms. The molecule has 1 aliphatic rings. The lowest BCUT2D eigenvalue weighted by Gasteiger charge is -2.15. The van der Waals surface area contributed by atoms with E-state index in [1.54, 1.807) is 0 Å². The predicted octanol–water partition coefficient (Wildman–Crippen LogP) is 2.57. The van der Waals surface area contributed by atoms with Crippen LogP contribution in [0.25, 0.3) is 0 Å². The molecule has 2 amide bonds. The van der Waals surface area contributed by atoms with E-state index in [0.717, 1.165) is 0 Å². The number of rotatable bonds is 45. The van der Waals surface area contributed by atoms with Gasteiger partial charge in [0, 0.05) is 50.7 Å². The number of ketones is 2. The van der Waals surface area contributed by atoms with Crippen molar-refractivity contribution in [1.29, 1.82) is 0 Å². The molecule has 1 fully saturated rings. The molecule has 0 aromatic heterocycles. The maximum absolute atomic E-state index is 12.3. The predicted molar refractivity (Wildman–Crippen MR) is 213 cm³/mol. The minimum Gasteiger partial charge on any atom is -0.379 e. The van der Waals surface area contributed by atoms with E-state index < -0.39 is 0 Å². The van der Waals surface area contributed by atoms with Gasteiger partial charge in [-0.2, -0.15) is 0 Å². The summed E-state index contributed by atoms with van der Waals surface area (Å²) in [7, 11) is 0. The molecule has 0 aromatic rings. The van der Waals surface area contributed by atoms with Crippen molar-refractivity contribution < 1.29 is 76.0 Å². The summed E-state index contributed by atoms with van der Waals surface area (Å²) in [5.74, 6) is -0.193. The number of ether oxygens (including phenoxy) is 12. The molecular weight excluding hydrogens is 762 g/mol. The summed E-state index contributed by atoms with van der Waals surface area (Å²) in [6, 6.07) is 0. The number of hydrogen-bond acceptors (Lipinski definition) is 16. The number of hydrogen-bond donors (Lipinski definition) is 0. The average Bonchev–Trinajstić information content (AvgIpc) is 3.49. The van der Waals surface area contributed by atoms with Crippen LogP contribution in [-0.4, -0.2) is 193 Å². The van der Waals surface area contributed by atoms with Gasteiger partial charge in [0.05, 0.1) is 152 Å².